The highest BCUT2D eigenvalue weighted by Gasteiger charge is 2.25. The van der Waals surface area contributed by atoms with Crippen LogP contribution in [0, 0.1) is 4.77 Å². The average Bonchev–Trinajstić information content (AvgIpc) is 2.08. The molecule has 1 rings (SSSR count). The van der Waals surface area contributed by atoms with Gasteiger partial charge in [-0.15, -0.1) is 0 Å². The first kappa shape index (κ1) is 9.19. The van der Waals surface area contributed by atoms with E-state index >= 15 is 0 Å². The van der Waals surface area contributed by atoms with E-state index in [4.69, 9.17) is 52.1 Å². The van der Waals surface area contributed by atoms with Gasteiger partial charge >= 0.3 is 0 Å². The Kier molecular flexibility index (Phi) is 2.39. The minimum Gasteiger partial charge on any atom is -0.493 e. The molecule has 2 N–H and O–H groups in total. The zero-order chi connectivity index (χ0) is 8.65. The van der Waals surface area contributed by atoms with Crippen LogP contribution in [0.15, 0.2) is 6.20 Å². The first-order chi connectivity index (χ1) is 4.93. The number of aromatic hydroxyl groups is 1. The van der Waals surface area contributed by atoms with Crippen LogP contribution < -0.4 is 0 Å². The van der Waals surface area contributed by atoms with Gasteiger partial charge in [-0.05, 0) is 12.2 Å². The fraction of sp³-hybridized carbons (Fsp3) is 0.250. The topological polar surface area (TPSA) is 40.9 Å². The maximum Gasteiger partial charge on any atom is 0.276 e. The van der Waals surface area contributed by atoms with Crippen LogP contribution in [0.25, 0.3) is 0 Å². The Labute approximate surface area is 82.5 Å². The Morgan fingerprint density at radius 3 is 2.27 bits per heavy atom. The average molecular weight is 234 g/mol. The Bertz CT molecular complexity index is 312. The predicted octanol–water partition coefficient (Wildman–Crippen LogP) is 2.54. The van der Waals surface area contributed by atoms with E-state index in [-0.39, 0.29) is 10.7 Å². The zero-order valence-corrected chi connectivity index (χ0v) is 8.10. The number of hydrogen-bond acceptors (Lipinski definition) is 2. The van der Waals surface area contributed by atoms with Crippen molar-refractivity contribution in [2.75, 3.05) is 0 Å². The Morgan fingerprint density at radius 2 is 2.09 bits per heavy atom. The molecule has 3 nitrogen and oxygen atoms in total. The summed E-state index contributed by atoms with van der Waals surface area (Å²) in [5.74, 6) is -0.213. The minimum atomic E-state index is -1.75. The van der Waals surface area contributed by atoms with Crippen LogP contribution in [0.1, 0.15) is 0 Å². The number of nitrogens with zero attached hydrogens (tertiary/aromatic N) is 1. The molecule has 0 fully saturated rings. The zero-order valence-electron chi connectivity index (χ0n) is 5.01. The smallest absolute Gasteiger partial charge is 0.276 e. The van der Waals surface area contributed by atoms with E-state index in [0.29, 0.717) is 0 Å². The van der Waals surface area contributed by atoms with Crippen molar-refractivity contribution in [1.29, 1.82) is 0 Å². The van der Waals surface area contributed by atoms with Crippen LogP contribution in [0.2, 0.25) is 0 Å². The number of aromatic nitrogens is 2. The van der Waals surface area contributed by atoms with Crippen molar-refractivity contribution in [3.8, 4) is 5.88 Å². The van der Waals surface area contributed by atoms with Crippen molar-refractivity contribution in [2.24, 2.45) is 0 Å². The van der Waals surface area contributed by atoms with Gasteiger partial charge in [0.15, 0.2) is 4.77 Å². The largest absolute Gasteiger partial charge is 0.493 e. The molecule has 0 aliphatic carbocycles. The van der Waals surface area contributed by atoms with Crippen LogP contribution in [0.3, 0.4) is 0 Å². The second-order valence-electron chi connectivity index (χ2n) is 1.76. The predicted molar refractivity (Wildman–Crippen MR) is 46.8 cm³/mol. The van der Waals surface area contributed by atoms with Crippen molar-refractivity contribution < 1.29 is 5.11 Å². The fourth-order valence-electron chi connectivity index (χ4n) is 0.604. The Balaban J connectivity index is 3.33. The highest BCUT2D eigenvalue weighted by atomic mass is 35.6. The second-order valence-corrected chi connectivity index (χ2v) is 4.36. The van der Waals surface area contributed by atoms with Crippen LogP contribution >= 0.6 is 47.0 Å². The third kappa shape index (κ3) is 1.82. The summed E-state index contributed by atoms with van der Waals surface area (Å²) >= 11 is 21.1. The molecular weight excluding hydrogens is 230 g/mol. The third-order valence-corrected chi connectivity index (χ3v) is 1.82. The van der Waals surface area contributed by atoms with E-state index in [1.54, 1.807) is 0 Å². The van der Waals surface area contributed by atoms with Gasteiger partial charge in [0.05, 0.1) is 6.20 Å². The molecule has 0 unspecified atom stereocenters. The molecule has 1 aromatic rings. The maximum atomic E-state index is 9.08. The summed E-state index contributed by atoms with van der Waals surface area (Å²) in [5.41, 5.74) is 0. The lowest BCUT2D eigenvalue weighted by Gasteiger charge is -2.12. The van der Waals surface area contributed by atoms with Gasteiger partial charge in [-0.25, -0.2) is 4.57 Å². The molecule has 0 aliphatic rings. The number of imidazole rings is 1. The maximum absolute atomic E-state index is 9.08. The van der Waals surface area contributed by atoms with Crippen LogP contribution in [-0.2, 0) is 3.92 Å². The quantitative estimate of drug-likeness (QED) is 0.534. The summed E-state index contributed by atoms with van der Waals surface area (Å²) in [7, 11) is 0. The summed E-state index contributed by atoms with van der Waals surface area (Å²) in [4.78, 5) is 2.52. The van der Waals surface area contributed by atoms with E-state index in [9.17, 15) is 0 Å². The molecule has 1 aromatic heterocycles. The third-order valence-electron chi connectivity index (χ3n) is 1.01. The summed E-state index contributed by atoms with van der Waals surface area (Å²) in [5, 5.41) is 9.08. The van der Waals surface area contributed by atoms with E-state index in [0.717, 1.165) is 4.57 Å². The second kappa shape index (κ2) is 2.86. The fourth-order valence-corrected chi connectivity index (χ4v) is 1.56. The van der Waals surface area contributed by atoms with E-state index in [1.807, 2.05) is 0 Å². The van der Waals surface area contributed by atoms with E-state index in [1.165, 1.54) is 6.20 Å². The first-order valence-electron chi connectivity index (χ1n) is 2.49. The lowest BCUT2D eigenvalue weighted by molar-refractivity contribution is 0.421. The summed E-state index contributed by atoms with van der Waals surface area (Å²) in [6.07, 6.45) is 1.24. The molecule has 0 aliphatic heterocycles. The standard InChI is InChI=1S/C4H3Cl3N2OS/c5-4(6,7)9-2(10)1-8-3(9)11/h1,10H,(H,8,11). The molecule has 7 heteroatoms. The molecule has 0 radical (unpaired) electrons. The van der Waals surface area contributed by atoms with Gasteiger partial charge < -0.3 is 10.1 Å². The highest BCUT2D eigenvalue weighted by Crippen LogP contribution is 2.35. The van der Waals surface area contributed by atoms with Crippen molar-refractivity contribution in [3.63, 3.8) is 0 Å². The van der Waals surface area contributed by atoms with Crippen molar-refractivity contribution in [2.45, 2.75) is 3.92 Å². The van der Waals surface area contributed by atoms with E-state index < -0.39 is 3.92 Å². The van der Waals surface area contributed by atoms with Crippen molar-refractivity contribution >= 4 is 47.0 Å². The van der Waals surface area contributed by atoms with Gasteiger partial charge in [0.25, 0.3) is 3.92 Å². The van der Waals surface area contributed by atoms with Crippen LogP contribution in [0.4, 0.5) is 0 Å². The van der Waals surface area contributed by atoms with Gasteiger partial charge in [0.1, 0.15) is 0 Å². The molecule has 0 saturated carbocycles. The molecule has 0 amide bonds. The molecular formula is C4H3Cl3N2OS. The molecule has 0 bridgehead atoms. The van der Waals surface area contributed by atoms with Crippen LogP contribution in [-0.4, -0.2) is 14.7 Å². The number of nitrogens with one attached hydrogen (secondary N) is 1. The van der Waals surface area contributed by atoms with Gasteiger partial charge in [-0.3, -0.25) is 0 Å². The molecule has 0 aromatic carbocycles. The Morgan fingerprint density at radius 1 is 1.55 bits per heavy atom. The number of alkyl halides is 3. The van der Waals surface area contributed by atoms with Gasteiger partial charge in [-0.2, -0.15) is 0 Å². The van der Waals surface area contributed by atoms with Gasteiger partial charge in [0.2, 0.25) is 5.88 Å². The molecule has 1 heterocycles. The normalized spacial score (nSPS) is 11.9. The van der Waals surface area contributed by atoms with E-state index in [2.05, 4.69) is 4.98 Å². The summed E-state index contributed by atoms with van der Waals surface area (Å²) < 4.78 is -0.628. The lowest BCUT2D eigenvalue weighted by atomic mass is 10.8. The molecule has 11 heavy (non-hydrogen) atoms. The number of halogens is 3. The summed E-state index contributed by atoms with van der Waals surface area (Å²) in [6, 6.07) is 0. The number of hydrogen-bond donors (Lipinski definition) is 2. The Hall–Kier alpha value is 0.1000. The lowest BCUT2D eigenvalue weighted by Crippen LogP contribution is -2.11. The van der Waals surface area contributed by atoms with Crippen molar-refractivity contribution in [1.82, 2.24) is 9.55 Å². The number of rotatable bonds is 0. The van der Waals surface area contributed by atoms with Gasteiger partial charge in [-0.1, -0.05) is 34.8 Å². The monoisotopic (exact) mass is 232 g/mol. The first-order valence-corrected chi connectivity index (χ1v) is 4.03. The van der Waals surface area contributed by atoms with Gasteiger partial charge in [0, 0.05) is 0 Å². The van der Waals surface area contributed by atoms with Crippen molar-refractivity contribution in [3.05, 3.63) is 11.0 Å². The molecule has 0 atom stereocenters. The molecule has 0 spiro atoms. The SMILES string of the molecule is Oc1c[nH]c(=S)n1C(Cl)(Cl)Cl. The number of H-pyrrole nitrogens is 1. The minimum absolute atomic E-state index is 0.155. The molecule has 62 valence electrons. The highest BCUT2D eigenvalue weighted by molar-refractivity contribution is 7.71. The van der Waals surface area contributed by atoms with Crippen LogP contribution in [0.5, 0.6) is 5.88 Å². The summed E-state index contributed by atoms with van der Waals surface area (Å²) in [6.45, 7) is 0. The number of aromatic amines is 1. The molecule has 0 saturated heterocycles.